The molecule has 0 amide bonds. The molecule has 1 aliphatic heterocycles. The summed E-state index contributed by atoms with van der Waals surface area (Å²) >= 11 is 6.49. The molecule has 4 aromatic rings. The maximum absolute atomic E-state index is 13.2. The van der Waals surface area contributed by atoms with E-state index in [1.54, 1.807) is 17.0 Å². The van der Waals surface area contributed by atoms with Crippen molar-refractivity contribution in [2.24, 2.45) is 0 Å². The minimum atomic E-state index is -4.46. The first-order valence-electron chi connectivity index (χ1n) is 9.71. The van der Waals surface area contributed by atoms with Crippen molar-refractivity contribution in [2.75, 3.05) is 11.6 Å². The highest BCUT2D eigenvalue weighted by Gasteiger charge is 2.32. The van der Waals surface area contributed by atoms with Gasteiger partial charge in [-0.25, -0.2) is 4.79 Å². The van der Waals surface area contributed by atoms with Gasteiger partial charge < -0.3 is 14.1 Å². The normalized spacial score (nSPS) is 13.7. The Labute approximate surface area is 185 Å². The molecule has 3 aromatic carbocycles. The van der Waals surface area contributed by atoms with E-state index in [9.17, 15) is 18.0 Å². The molecule has 8 heteroatoms. The smallest absolute Gasteiger partial charge is 0.416 e. The van der Waals surface area contributed by atoms with Crippen LogP contribution in [0.25, 0.3) is 22.1 Å². The van der Waals surface area contributed by atoms with Crippen molar-refractivity contribution in [3.63, 3.8) is 0 Å². The lowest BCUT2D eigenvalue weighted by atomic mass is 9.99. The molecule has 0 aliphatic carbocycles. The summed E-state index contributed by atoms with van der Waals surface area (Å²) in [6.07, 6.45) is -4.46. The van der Waals surface area contributed by atoms with Crippen molar-refractivity contribution in [1.82, 2.24) is 0 Å². The van der Waals surface area contributed by atoms with Crippen LogP contribution in [0.4, 0.5) is 18.9 Å². The van der Waals surface area contributed by atoms with Gasteiger partial charge in [-0.15, -0.1) is 0 Å². The topological polar surface area (TPSA) is 42.7 Å². The van der Waals surface area contributed by atoms with Gasteiger partial charge in [0.15, 0.2) is 6.73 Å². The fourth-order valence-corrected chi connectivity index (χ4v) is 4.17. The summed E-state index contributed by atoms with van der Waals surface area (Å²) in [5.41, 5.74) is 1.30. The van der Waals surface area contributed by atoms with Crippen molar-refractivity contribution in [3.05, 3.63) is 93.3 Å². The van der Waals surface area contributed by atoms with Crippen molar-refractivity contribution < 1.29 is 22.3 Å². The molecular weight excluding hydrogens is 443 g/mol. The quantitative estimate of drug-likeness (QED) is 0.323. The summed E-state index contributed by atoms with van der Waals surface area (Å²) in [5.74, 6) is 0.357. The largest absolute Gasteiger partial charge is 0.471 e. The molecule has 0 N–H and O–H groups in total. The number of hydrogen-bond acceptors (Lipinski definition) is 4. The second kappa shape index (κ2) is 7.60. The minimum absolute atomic E-state index is 0.00213. The van der Waals surface area contributed by atoms with Gasteiger partial charge in [0.1, 0.15) is 11.3 Å². The van der Waals surface area contributed by atoms with Crippen LogP contribution in [-0.2, 0) is 12.7 Å². The maximum Gasteiger partial charge on any atom is 0.416 e. The van der Waals surface area contributed by atoms with E-state index < -0.39 is 17.4 Å². The molecule has 4 nitrogen and oxygen atoms in total. The summed E-state index contributed by atoms with van der Waals surface area (Å²) in [5, 5.41) is 0.955. The monoisotopic (exact) mass is 457 g/mol. The zero-order valence-corrected chi connectivity index (χ0v) is 17.2. The van der Waals surface area contributed by atoms with Gasteiger partial charge in [-0.3, -0.25) is 0 Å². The average Bonchev–Trinajstić information content (AvgIpc) is 2.79. The summed E-state index contributed by atoms with van der Waals surface area (Å²) in [6.45, 7) is 0.164. The molecule has 0 bridgehead atoms. The third-order valence-corrected chi connectivity index (χ3v) is 5.65. The van der Waals surface area contributed by atoms with Crippen molar-refractivity contribution in [1.29, 1.82) is 0 Å². The van der Waals surface area contributed by atoms with E-state index in [1.807, 2.05) is 30.3 Å². The van der Waals surface area contributed by atoms with E-state index in [-0.39, 0.29) is 13.3 Å². The second-order valence-corrected chi connectivity index (χ2v) is 7.81. The molecule has 32 heavy (non-hydrogen) atoms. The van der Waals surface area contributed by atoms with Gasteiger partial charge in [0.05, 0.1) is 22.7 Å². The Bertz CT molecular complexity index is 1380. The number of halogens is 4. The van der Waals surface area contributed by atoms with Gasteiger partial charge in [-0.05, 0) is 35.4 Å². The van der Waals surface area contributed by atoms with E-state index in [0.717, 1.165) is 17.7 Å². The fraction of sp³-hybridized carbons (Fsp3) is 0.125. The van der Waals surface area contributed by atoms with Crippen LogP contribution in [0.1, 0.15) is 11.1 Å². The Balaban J connectivity index is 1.65. The van der Waals surface area contributed by atoms with Crippen LogP contribution in [0.3, 0.4) is 0 Å². The standard InChI is InChI=1S/C24H15ClF3NO3/c25-20-10-18-17(14-5-2-1-3-6-14)11-21(30)32-22(18)19-12-29(13-31-23(19)20)16-8-4-7-15(9-16)24(26,27)28/h1-11H,12-13H2. The van der Waals surface area contributed by atoms with Crippen LogP contribution in [0.15, 0.2) is 75.9 Å². The zero-order valence-electron chi connectivity index (χ0n) is 16.4. The highest BCUT2D eigenvalue weighted by Crippen LogP contribution is 2.42. The number of benzene rings is 3. The SMILES string of the molecule is O=c1cc(-c2ccccc2)c2cc(Cl)c3c(c2o1)CN(c1cccc(C(F)(F)F)c1)CO3. The maximum atomic E-state index is 13.2. The van der Waals surface area contributed by atoms with Gasteiger partial charge in [-0.2, -0.15) is 13.2 Å². The van der Waals surface area contributed by atoms with E-state index >= 15 is 0 Å². The van der Waals surface area contributed by atoms with E-state index in [0.29, 0.717) is 38.6 Å². The lowest BCUT2D eigenvalue weighted by Crippen LogP contribution is -2.32. The van der Waals surface area contributed by atoms with Gasteiger partial charge in [-0.1, -0.05) is 48.0 Å². The molecule has 0 unspecified atom stereocenters. The molecule has 0 spiro atoms. The van der Waals surface area contributed by atoms with Crippen LogP contribution in [0, 0.1) is 0 Å². The predicted octanol–water partition coefficient (Wildman–Crippen LogP) is 6.49. The Morgan fingerprint density at radius 2 is 1.75 bits per heavy atom. The molecule has 0 radical (unpaired) electrons. The van der Waals surface area contributed by atoms with Crippen LogP contribution in [0.2, 0.25) is 5.02 Å². The summed E-state index contributed by atoms with van der Waals surface area (Å²) < 4.78 is 50.8. The number of hydrogen-bond donors (Lipinski definition) is 0. The van der Waals surface area contributed by atoms with Crippen molar-refractivity contribution in [3.8, 4) is 16.9 Å². The molecule has 0 saturated heterocycles. The van der Waals surface area contributed by atoms with Gasteiger partial charge in [0.2, 0.25) is 0 Å². The first-order valence-corrected chi connectivity index (χ1v) is 10.1. The Morgan fingerprint density at radius 1 is 0.969 bits per heavy atom. The lowest BCUT2D eigenvalue weighted by molar-refractivity contribution is -0.137. The van der Waals surface area contributed by atoms with Crippen LogP contribution in [0.5, 0.6) is 5.75 Å². The fourth-order valence-electron chi connectivity index (χ4n) is 3.89. The molecule has 162 valence electrons. The number of nitrogens with zero attached hydrogens (tertiary/aromatic N) is 1. The molecular formula is C24H15ClF3NO3. The molecule has 0 atom stereocenters. The van der Waals surface area contributed by atoms with Crippen molar-refractivity contribution in [2.45, 2.75) is 12.7 Å². The molecule has 5 rings (SSSR count). The molecule has 0 saturated carbocycles. The molecule has 1 aromatic heterocycles. The predicted molar refractivity (Wildman–Crippen MR) is 116 cm³/mol. The number of anilines is 1. The second-order valence-electron chi connectivity index (χ2n) is 7.41. The van der Waals surface area contributed by atoms with E-state index in [2.05, 4.69) is 0 Å². The van der Waals surface area contributed by atoms with E-state index in [4.69, 9.17) is 20.8 Å². The van der Waals surface area contributed by atoms with Gasteiger partial charge >= 0.3 is 11.8 Å². The summed E-state index contributed by atoms with van der Waals surface area (Å²) in [7, 11) is 0. The first-order chi connectivity index (χ1) is 15.3. The van der Waals surface area contributed by atoms with Crippen molar-refractivity contribution >= 4 is 28.3 Å². The van der Waals surface area contributed by atoms with Gasteiger partial charge in [0.25, 0.3) is 0 Å². The van der Waals surface area contributed by atoms with Crippen LogP contribution in [-0.4, -0.2) is 6.73 Å². The van der Waals surface area contributed by atoms with E-state index in [1.165, 1.54) is 12.1 Å². The van der Waals surface area contributed by atoms with Crippen LogP contribution < -0.4 is 15.3 Å². The number of fused-ring (bicyclic) bond motifs is 3. The Kier molecular flexibility index (Phi) is 4.86. The zero-order chi connectivity index (χ0) is 22.5. The highest BCUT2D eigenvalue weighted by atomic mass is 35.5. The third-order valence-electron chi connectivity index (χ3n) is 5.37. The molecule has 0 fully saturated rings. The van der Waals surface area contributed by atoms with Crippen LogP contribution >= 0.6 is 11.6 Å². The Hall–Kier alpha value is -3.45. The lowest BCUT2D eigenvalue weighted by Gasteiger charge is -2.32. The summed E-state index contributed by atoms with van der Waals surface area (Å²) in [4.78, 5) is 14.0. The van der Waals surface area contributed by atoms with Gasteiger partial charge in [0, 0.05) is 17.1 Å². The Morgan fingerprint density at radius 3 is 2.50 bits per heavy atom. The average molecular weight is 458 g/mol. The summed E-state index contributed by atoms with van der Waals surface area (Å²) in [6, 6.07) is 17.4. The molecule has 1 aliphatic rings. The first kappa shape index (κ1) is 20.5. The highest BCUT2D eigenvalue weighted by molar-refractivity contribution is 6.33. The number of ether oxygens (including phenoxy) is 1. The molecule has 2 heterocycles. The number of rotatable bonds is 2. The minimum Gasteiger partial charge on any atom is -0.471 e. The number of alkyl halides is 3. The third kappa shape index (κ3) is 3.58.